The minimum Gasteiger partial charge on any atom is -0.295 e. The average molecular weight is 446 g/mol. The van der Waals surface area contributed by atoms with E-state index in [9.17, 15) is 4.79 Å². The summed E-state index contributed by atoms with van der Waals surface area (Å²) < 4.78 is 1.72. The number of rotatable bonds is 3. The molecule has 5 rings (SSSR count). The van der Waals surface area contributed by atoms with E-state index in [1.807, 2.05) is 57.2 Å². The van der Waals surface area contributed by atoms with Gasteiger partial charge in [-0.3, -0.25) is 14.8 Å². The van der Waals surface area contributed by atoms with Gasteiger partial charge in [-0.2, -0.15) is 0 Å². The molecule has 0 radical (unpaired) electrons. The number of hydrogen-bond acceptors (Lipinski definition) is 5. The van der Waals surface area contributed by atoms with Crippen LogP contribution < -0.4 is 10.4 Å². The van der Waals surface area contributed by atoms with Crippen LogP contribution >= 0.6 is 11.6 Å². The van der Waals surface area contributed by atoms with Gasteiger partial charge < -0.3 is 0 Å². The molecule has 0 aliphatic carbocycles. The standard InChI is InChI=1S/C23H20ClN7O/c1-13-8-9-16(24)17(10-13)28-21-20(30-12-27-19-15(3)25-11-26-22(19)30)23(32)31(29-21)18-7-5-4-6-14(18)2/h4-12,20H,1-3H3,(H,28,29). The number of hydrogen-bond donors (Lipinski definition) is 1. The highest BCUT2D eigenvalue weighted by Crippen LogP contribution is 2.32. The molecule has 0 spiro atoms. The maximum atomic E-state index is 13.7. The van der Waals surface area contributed by atoms with Gasteiger partial charge in [-0.25, -0.2) is 25.0 Å². The van der Waals surface area contributed by atoms with Gasteiger partial charge in [0.2, 0.25) is 0 Å². The molecule has 32 heavy (non-hydrogen) atoms. The topological polar surface area (TPSA) is 88.3 Å². The van der Waals surface area contributed by atoms with Crippen LogP contribution in [0.15, 0.2) is 60.1 Å². The zero-order valence-electron chi connectivity index (χ0n) is 17.7. The number of benzene rings is 2. The maximum Gasteiger partial charge on any atom is 0.276 e. The van der Waals surface area contributed by atoms with Crippen molar-refractivity contribution in [1.82, 2.24) is 24.9 Å². The lowest BCUT2D eigenvalue weighted by Crippen LogP contribution is -2.36. The number of aryl methyl sites for hydroxylation is 3. The number of nitrogens with one attached hydrogen (secondary N) is 1. The fourth-order valence-corrected chi connectivity index (χ4v) is 3.96. The Hall–Kier alpha value is -3.78. The lowest BCUT2D eigenvalue weighted by Gasteiger charge is -2.18. The largest absolute Gasteiger partial charge is 0.295 e. The number of carbonyl (C=O) groups excluding carboxylic acids is 1. The molecule has 160 valence electrons. The summed E-state index contributed by atoms with van der Waals surface area (Å²) in [6.45, 7) is 5.78. The summed E-state index contributed by atoms with van der Waals surface area (Å²) in [5.74, 6) is 0.235. The van der Waals surface area contributed by atoms with Gasteiger partial charge in [0, 0.05) is 0 Å². The predicted octanol–water partition coefficient (Wildman–Crippen LogP) is 4.23. The van der Waals surface area contributed by atoms with Crippen molar-refractivity contribution in [3.05, 3.63) is 77.0 Å². The number of aliphatic imine (C=N–C) groups is 1. The Morgan fingerprint density at radius 1 is 1.06 bits per heavy atom. The summed E-state index contributed by atoms with van der Waals surface area (Å²) >= 11 is 6.40. The van der Waals surface area contributed by atoms with Crippen molar-refractivity contribution in [1.29, 1.82) is 0 Å². The number of amides is 1. The number of hydrazine groups is 1. The summed E-state index contributed by atoms with van der Waals surface area (Å²) in [4.78, 5) is 31.5. The second-order valence-corrected chi connectivity index (χ2v) is 8.12. The first-order valence-corrected chi connectivity index (χ1v) is 10.5. The van der Waals surface area contributed by atoms with E-state index in [0.29, 0.717) is 27.7 Å². The molecule has 1 N–H and O–H groups in total. The van der Waals surface area contributed by atoms with Crippen molar-refractivity contribution >= 4 is 45.9 Å². The van der Waals surface area contributed by atoms with Crippen LogP contribution in [0.25, 0.3) is 11.2 Å². The van der Waals surface area contributed by atoms with Gasteiger partial charge in [0.15, 0.2) is 17.5 Å². The molecule has 1 aliphatic heterocycles. The number of carbonyl (C=O) groups is 1. The number of fused-ring (bicyclic) bond motifs is 1. The van der Waals surface area contributed by atoms with E-state index in [-0.39, 0.29) is 5.91 Å². The van der Waals surface area contributed by atoms with Gasteiger partial charge in [0.1, 0.15) is 11.8 Å². The molecular weight excluding hydrogens is 426 g/mol. The van der Waals surface area contributed by atoms with Crippen LogP contribution in [-0.4, -0.2) is 31.3 Å². The van der Waals surface area contributed by atoms with Crippen LogP contribution in [0.4, 0.5) is 11.4 Å². The number of nitrogens with zero attached hydrogens (tertiary/aromatic N) is 6. The van der Waals surface area contributed by atoms with Crippen molar-refractivity contribution in [3.8, 4) is 0 Å². The van der Waals surface area contributed by atoms with Crippen LogP contribution in [0.5, 0.6) is 0 Å². The first-order chi connectivity index (χ1) is 15.4. The van der Waals surface area contributed by atoms with Gasteiger partial charge in [-0.05, 0) is 50.1 Å². The van der Waals surface area contributed by atoms with Gasteiger partial charge in [-0.15, -0.1) is 0 Å². The van der Waals surface area contributed by atoms with Crippen LogP contribution in [0.1, 0.15) is 22.9 Å². The molecule has 2 aromatic carbocycles. The second-order valence-electron chi connectivity index (χ2n) is 7.71. The van der Waals surface area contributed by atoms with E-state index >= 15 is 0 Å². The Bertz CT molecular complexity index is 1390. The van der Waals surface area contributed by atoms with Gasteiger partial charge >= 0.3 is 0 Å². The van der Waals surface area contributed by atoms with Crippen molar-refractivity contribution in [2.45, 2.75) is 26.8 Å². The smallest absolute Gasteiger partial charge is 0.276 e. The van der Waals surface area contributed by atoms with Crippen molar-refractivity contribution in [2.75, 3.05) is 5.01 Å². The first-order valence-electron chi connectivity index (χ1n) is 10.1. The SMILES string of the molecule is Cc1ccc(Cl)c(N=C2NN(c3ccccc3C)C(=O)C2n2cnc3c(C)ncnc32)c1. The Morgan fingerprint density at radius 2 is 1.88 bits per heavy atom. The van der Waals surface area contributed by atoms with E-state index in [2.05, 4.69) is 20.4 Å². The molecule has 1 saturated heterocycles. The lowest BCUT2D eigenvalue weighted by atomic mass is 10.2. The van der Waals surface area contributed by atoms with E-state index in [1.54, 1.807) is 17.0 Å². The summed E-state index contributed by atoms with van der Waals surface area (Å²) in [5, 5.41) is 2.02. The van der Waals surface area contributed by atoms with Crippen molar-refractivity contribution < 1.29 is 4.79 Å². The highest BCUT2D eigenvalue weighted by molar-refractivity contribution is 6.33. The highest BCUT2D eigenvalue weighted by Gasteiger charge is 2.41. The molecule has 2 aromatic heterocycles. The lowest BCUT2D eigenvalue weighted by molar-refractivity contribution is -0.119. The zero-order chi connectivity index (χ0) is 22.4. The molecule has 0 saturated carbocycles. The minimum atomic E-state index is -0.787. The van der Waals surface area contributed by atoms with Crippen molar-refractivity contribution in [2.24, 2.45) is 4.99 Å². The van der Waals surface area contributed by atoms with E-state index < -0.39 is 6.04 Å². The molecule has 1 atom stereocenters. The van der Waals surface area contributed by atoms with Gasteiger partial charge in [-0.1, -0.05) is 35.9 Å². The summed E-state index contributed by atoms with van der Waals surface area (Å²) in [6, 6.07) is 12.5. The average Bonchev–Trinajstić information content (AvgIpc) is 3.33. The number of halogens is 1. The van der Waals surface area contributed by atoms with Gasteiger partial charge in [0.05, 0.1) is 28.4 Å². The van der Waals surface area contributed by atoms with Crippen LogP contribution in [0.3, 0.4) is 0 Å². The monoisotopic (exact) mass is 445 g/mol. The molecule has 4 aromatic rings. The normalized spacial score (nSPS) is 17.4. The van der Waals surface area contributed by atoms with Crippen LogP contribution in [0.2, 0.25) is 5.02 Å². The molecule has 8 nitrogen and oxygen atoms in total. The predicted molar refractivity (Wildman–Crippen MR) is 124 cm³/mol. The van der Waals surface area contributed by atoms with Crippen LogP contribution in [0, 0.1) is 20.8 Å². The molecule has 1 unspecified atom stereocenters. The number of para-hydroxylation sites is 1. The molecular formula is C23H20ClN7O. The maximum absolute atomic E-state index is 13.7. The third-order valence-corrected chi connectivity index (χ3v) is 5.78. The molecule has 1 aliphatic rings. The number of imidazole rings is 1. The number of anilines is 1. The Labute approximate surface area is 189 Å². The Morgan fingerprint density at radius 3 is 2.69 bits per heavy atom. The summed E-state index contributed by atoms with van der Waals surface area (Å²) in [7, 11) is 0. The van der Waals surface area contributed by atoms with E-state index in [0.717, 1.165) is 22.5 Å². The van der Waals surface area contributed by atoms with Crippen LogP contribution in [-0.2, 0) is 4.79 Å². The second kappa shape index (κ2) is 7.72. The fraction of sp³-hybridized carbons (Fsp3) is 0.174. The minimum absolute atomic E-state index is 0.197. The molecule has 1 fully saturated rings. The first kappa shape index (κ1) is 20.1. The Kier molecular flexibility index (Phi) is 4.86. The third kappa shape index (κ3) is 3.29. The third-order valence-electron chi connectivity index (χ3n) is 5.46. The molecule has 9 heteroatoms. The summed E-state index contributed by atoms with van der Waals surface area (Å²) in [6.07, 6.45) is 3.07. The number of amidine groups is 1. The molecule has 3 heterocycles. The van der Waals surface area contributed by atoms with Gasteiger partial charge in [0.25, 0.3) is 5.91 Å². The molecule has 0 bridgehead atoms. The highest BCUT2D eigenvalue weighted by atomic mass is 35.5. The zero-order valence-corrected chi connectivity index (χ0v) is 18.5. The number of aromatic nitrogens is 4. The Balaban J connectivity index is 1.69. The van der Waals surface area contributed by atoms with E-state index in [4.69, 9.17) is 16.6 Å². The summed E-state index contributed by atoms with van der Waals surface area (Å²) in [5.41, 5.74) is 8.43. The fourth-order valence-electron chi connectivity index (χ4n) is 3.80. The van der Waals surface area contributed by atoms with E-state index in [1.165, 1.54) is 11.3 Å². The quantitative estimate of drug-likeness (QED) is 0.510. The molecule has 1 amide bonds. The van der Waals surface area contributed by atoms with Crippen molar-refractivity contribution in [3.63, 3.8) is 0 Å².